The molecule has 15 heavy (non-hydrogen) atoms. The van der Waals surface area contributed by atoms with Crippen LogP contribution in [0.15, 0.2) is 30.5 Å². The van der Waals surface area contributed by atoms with Crippen LogP contribution in [0.5, 0.6) is 0 Å². The highest BCUT2D eigenvalue weighted by molar-refractivity contribution is 5.60. The molecule has 1 aromatic carbocycles. The van der Waals surface area contributed by atoms with Crippen molar-refractivity contribution >= 4 is 0 Å². The summed E-state index contributed by atoms with van der Waals surface area (Å²) in [4.78, 5) is 8.50. The summed E-state index contributed by atoms with van der Waals surface area (Å²) in [6, 6.07) is 8.33. The largest absolute Gasteiger partial charge is 0.242 e. The number of benzene rings is 1. The zero-order valence-electron chi connectivity index (χ0n) is 9.28. The normalized spacial score (nSPS) is 10.3. The first-order valence-electron chi connectivity index (χ1n) is 5.04. The minimum atomic E-state index is 0.811. The van der Waals surface area contributed by atoms with Crippen LogP contribution in [0.3, 0.4) is 0 Å². The third-order valence-corrected chi connectivity index (χ3v) is 2.58. The van der Waals surface area contributed by atoms with E-state index in [1.807, 2.05) is 13.0 Å². The zero-order chi connectivity index (χ0) is 10.8. The van der Waals surface area contributed by atoms with Crippen LogP contribution >= 0.6 is 0 Å². The summed E-state index contributed by atoms with van der Waals surface area (Å²) in [5.74, 6) is 0.811. The molecule has 0 aliphatic heterocycles. The van der Waals surface area contributed by atoms with Crippen molar-refractivity contribution < 1.29 is 0 Å². The molecule has 0 saturated heterocycles. The molecule has 0 fully saturated rings. The first-order chi connectivity index (χ1) is 7.16. The molecule has 2 heteroatoms. The Balaban J connectivity index is 2.50. The van der Waals surface area contributed by atoms with Crippen molar-refractivity contribution in [3.63, 3.8) is 0 Å². The maximum Gasteiger partial charge on any atom is 0.125 e. The molecule has 2 rings (SSSR count). The summed E-state index contributed by atoms with van der Waals surface area (Å²) >= 11 is 0. The number of aryl methyl sites for hydroxylation is 3. The monoisotopic (exact) mass is 198 g/mol. The predicted octanol–water partition coefficient (Wildman–Crippen LogP) is 3.07. The Labute approximate surface area is 90.0 Å². The topological polar surface area (TPSA) is 25.8 Å². The van der Waals surface area contributed by atoms with Gasteiger partial charge in [0.1, 0.15) is 5.82 Å². The van der Waals surface area contributed by atoms with Crippen molar-refractivity contribution in [2.24, 2.45) is 0 Å². The molecule has 1 aromatic heterocycles. The highest BCUT2D eigenvalue weighted by Crippen LogP contribution is 2.19. The second-order valence-corrected chi connectivity index (χ2v) is 3.79. The van der Waals surface area contributed by atoms with Crippen LogP contribution in [-0.2, 0) is 0 Å². The second-order valence-electron chi connectivity index (χ2n) is 3.79. The Bertz CT molecular complexity index is 490. The number of nitrogens with zero attached hydrogens (tertiary/aromatic N) is 2. The molecule has 0 amide bonds. The molecule has 76 valence electrons. The van der Waals surface area contributed by atoms with Crippen LogP contribution in [0.2, 0.25) is 0 Å². The van der Waals surface area contributed by atoms with E-state index < -0.39 is 0 Å². The number of rotatable bonds is 1. The van der Waals surface area contributed by atoms with Crippen LogP contribution in [0, 0.1) is 20.8 Å². The second kappa shape index (κ2) is 3.81. The third kappa shape index (κ3) is 2.04. The third-order valence-electron chi connectivity index (χ3n) is 2.58. The van der Waals surface area contributed by atoms with E-state index in [9.17, 15) is 0 Å². The summed E-state index contributed by atoms with van der Waals surface area (Å²) in [6.07, 6.45) is 1.80. The molecule has 1 heterocycles. The van der Waals surface area contributed by atoms with Gasteiger partial charge in [0.15, 0.2) is 0 Å². The molecule has 0 bridgehead atoms. The Hall–Kier alpha value is -1.70. The summed E-state index contributed by atoms with van der Waals surface area (Å²) < 4.78 is 0. The molecule has 2 nitrogen and oxygen atoms in total. The Morgan fingerprint density at radius 3 is 2.40 bits per heavy atom. The highest BCUT2D eigenvalue weighted by Gasteiger charge is 2.01. The van der Waals surface area contributed by atoms with Crippen LogP contribution in [0.1, 0.15) is 17.0 Å². The summed E-state index contributed by atoms with van der Waals surface area (Å²) in [5.41, 5.74) is 4.75. The molecule has 2 aromatic rings. The summed E-state index contributed by atoms with van der Waals surface area (Å²) in [5, 5.41) is 0. The van der Waals surface area contributed by atoms with Crippen LogP contribution in [0.4, 0.5) is 0 Å². The lowest BCUT2D eigenvalue weighted by Gasteiger charge is -2.04. The van der Waals surface area contributed by atoms with Crippen molar-refractivity contribution in [3.05, 3.63) is 47.4 Å². The van der Waals surface area contributed by atoms with Gasteiger partial charge in [0.2, 0.25) is 0 Å². The number of aromatic nitrogens is 2. The quantitative estimate of drug-likeness (QED) is 0.703. The van der Waals surface area contributed by atoms with E-state index in [-0.39, 0.29) is 0 Å². The van der Waals surface area contributed by atoms with Crippen LogP contribution in [-0.4, -0.2) is 9.97 Å². The van der Waals surface area contributed by atoms with Gasteiger partial charge in [-0.25, -0.2) is 9.97 Å². The molecular weight excluding hydrogens is 184 g/mol. The fourth-order valence-corrected chi connectivity index (χ4v) is 1.52. The fraction of sp³-hybridized carbons (Fsp3) is 0.231. The number of hydrogen-bond acceptors (Lipinski definition) is 2. The van der Waals surface area contributed by atoms with E-state index in [0.717, 1.165) is 17.1 Å². The van der Waals surface area contributed by atoms with Gasteiger partial charge in [0.05, 0.1) is 5.69 Å². The molecule has 0 aliphatic rings. The smallest absolute Gasteiger partial charge is 0.125 e. The number of hydrogen-bond donors (Lipinski definition) is 0. The van der Waals surface area contributed by atoms with Gasteiger partial charge >= 0.3 is 0 Å². The lowest BCUT2D eigenvalue weighted by atomic mass is 10.0. The maximum absolute atomic E-state index is 4.40. The molecule has 0 spiro atoms. The Morgan fingerprint density at radius 1 is 0.933 bits per heavy atom. The van der Waals surface area contributed by atoms with Crippen LogP contribution in [0.25, 0.3) is 11.3 Å². The fourth-order valence-electron chi connectivity index (χ4n) is 1.52. The van der Waals surface area contributed by atoms with Gasteiger partial charge in [-0.2, -0.15) is 0 Å². The summed E-state index contributed by atoms with van der Waals surface area (Å²) in [7, 11) is 0. The van der Waals surface area contributed by atoms with Crippen molar-refractivity contribution in [3.8, 4) is 11.3 Å². The van der Waals surface area contributed by atoms with Gasteiger partial charge in [0.25, 0.3) is 0 Å². The van der Waals surface area contributed by atoms with Gasteiger partial charge in [-0.3, -0.25) is 0 Å². The molecule has 0 saturated carbocycles. The molecule has 0 radical (unpaired) electrons. The first kappa shape index (κ1) is 9.84. The van der Waals surface area contributed by atoms with E-state index >= 15 is 0 Å². The average Bonchev–Trinajstić information content (AvgIpc) is 2.22. The highest BCUT2D eigenvalue weighted by atomic mass is 14.9. The molecule has 0 aliphatic carbocycles. The SMILES string of the molecule is Cc1nccc(-c2ccc(C)c(C)c2)n1. The van der Waals surface area contributed by atoms with Gasteiger partial charge in [-0.15, -0.1) is 0 Å². The van der Waals surface area contributed by atoms with Crippen LogP contribution < -0.4 is 0 Å². The van der Waals surface area contributed by atoms with Crippen molar-refractivity contribution in [2.45, 2.75) is 20.8 Å². The minimum absolute atomic E-state index is 0.811. The summed E-state index contributed by atoms with van der Waals surface area (Å²) in [6.45, 7) is 6.14. The van der Waals surface area contributed by atoms with Gasteiger partial charge in [-0.1, -0.05) is 12.1 Å². The minimum Gasteiger partial charge on any atom is -0.242 e. The van der Waals surface area contributed by atoms with E-state index in [1.165, 1.54) is 11.1 Å². The standard InChI is InChI=1S/C13H14N2/c1-9-4-5-12(8-10(9)2)13-6-7-14-11(3)15-13/h4-8H,1-3H3. The molecule has 0 atom stereocenters. The Kier molecular flexibility index (Phi) is 2.50. The molecule has 0 unspecified atom stereocenters. The van der Waals surface area contributed by atoms with Crippen molar-refractivity contribution in [2.75, 3.05) is 0 Å². The molecular formula is C13H14N2. The van der Waals surface area contributed by atoms with Crippen molar-refractivity contribution in [1.82, 2.24) is 9.97 Å². The predicted molar refractivity (Wildman–Crippen MR) is 61.7 cm³/mol. The Morgan fingerprint density at radius 2 is 1.73 bits per heavy atom. The molecule has 0 N–H and O–H groups in total. The van der Waals surface area contributed by atoms with E-state index in [1.54, 1.807) is 6.20 Å². The van der Waals surface area contributed by atoms with Gasteiger partial charge < -0.3 is 0 Å². The maximum atomic E-state index is 4.40. The van der Waals surface area contributed by atoms with E-state index in [0.29, 0.717) is 0 Å². The van der Waals surface area contributed by atoms with Gasteiger partial charge in [0, 0.05) is 11.8 Å². The van der Waals surface area contributed by atoms with Crippen molar-refractivity contribution in [1.29, 1.82) is 0 Å². The average molecular weight is 198 g/mol. The van der Waals surface area contributed by atoms with E-state index in [4.69, 9.17) is 0 Å². The van der Waals surface area contributed by atoms with Gasteiger partial charge in [-0.05, 0) is 44.0 Å². The zero-order valence-corrected chi connectivity index (χ0v) is 9.28. The first-order valence-corrected chi connectivity index (χ1v) is 5.04. The lowest BCUT2D eigenvalue weighted by Crippen LogP contribution is -1.90. The lowest BCUT2D eigenvalue weighted by molar-refractivity contribution is 1.06. The van der Waals surface area contributed by atoms with E-state index in [2.05, 4.69) is 42.0 Å².